The van der Waals surface area contributed by atoms with Crippen LogP contribution in [0.5, 0.6) is 11.5 Å². The van der Waals surface area contributed by atoms with Crippen LogP contribution in [-0.4, -0.2) is 26.1 Å². The molecule has 0 amide bonds. The third-order valence-corrected chi connectivity index (χ3v) is 2.80. The first-order valence-electron chi connectivity index (χ1n) is 5.45. The molecule has 3 rings (SSSR count). The molecule has 2 aliphatic heterocycles. The van der Waals surface area contributed by atoms with Crippen LogP contribution in [-0.2, 0) is 9.47 Å². The Kier molecular flexibility index (Phi) is 2.46. The van der Waals surface area contributed by atoms with Gasteiger partial charge in [-0.2, -0.15) is 0 Å². The number of rotatable bonds is 4. The highest BCUT2D eigenvalue weighted by atomic mass is 16.7. The third-order valence-electron chi connectivity index (χ3n) is 2.80. The summed E-state index contributed by atoms with van der Waals surface area (Å²) in [5.74, 6) is 1.61. The van der Waals surface area contributed by atoms with Crippen molar-refractivity contribution in [1.82, 2.24) is 0 Å². The SMILES string of the molecule is C[C@H](OC[C@H]1CO1)c1ccc2c(c1)OCO2. The molecule has 0 unspecified atom stereocenters. The van der Waals surface area contributed by atoms with Crippen LogP contribution >= 0.6 is 0 Å². The second kappa shape index (κ2) is 3.96. The fourth-order valence-electron chi connectivity index (χ4n) is 1.68. The molecule has 0 aliphatic carbocycles. The topological polar surface area (TPSA) is 40.2 Å². The maximum atomic E-state index is 5.69. The Morgan fingerprint density at radius 1 is 1.38 bits per heavy atom. The van der Waals surface area contributed by atoms with Gasteiger partial charge in [0.15, 0.2) is 11.5 Å². The molecular formula is C12H14O4. The van der Waals surface area contributed by atoms with E-state index in [9.17, 15) is 0 Å². The van der Waals surface area contributed by atoms with Gasteiger partial charge in [0.2, 0.25) is 6.79 Å². The molecule has 2 aliphatic rings. The van der Waals surface area contributed by atoms with Crippen molar-refractivity contribution in [2.45, 2.75) is 19.1 Å². The van der Waals surface area contributed by atoms with Crippen molar-refractivity contribution in [2.24, 2.45) is 0 Å². The van der Waals surface area contributed by atoms with Gasteiger partial charge in [-0.1, -0.05) is 6.07 Å². The van der Waals surface area contributed by atoms with Crippen molar-refractivity contribution in [3.8, 4) is 11.5 Å². The standard InChI is InChI=1S/C12H14O4/c1-8(13-5-10-6-14-10)9-2-3-11-12(4-9)16-7-15-11/h2-4,8,10H,5-7H2,1H3/t8-,10-/m0/s1. The quantitative estimate of drug-likeness (QED) is 0.729. The second-order valence-corrected chi connectivity index (χ2v) is 4.04. The second-order valence-electron chi connectivity index (χ2n) is 4.04. The van der Waals surface area contributed by atoms with Crippen LogP contribution < -0.4 is 9.47 Å². The Labute approximate surface area is 94.1 Å². The maximum Gasteiger partial charge on any atom is 0.231 e. The summed E-state index contributed by atoms with van der Waals surface area (Å²) in [7, 11) is 0. The summed E-state index contributed by atoms with van der Waals surface area (Å²) in [6.45, 7) is 3.83. The molecule has 4 heteroatoms. The predicted octanol–water partition coefficient (Wildman–Crippen LogP) is 1.89. The first kappa shape index (κ1) is 9.93. The Hall–Kier alpha value is -1.26. The van der Waals surface area contributed by atoms with Crippen molar-refractivity contribution in [2.75, 3.05) is 20.0 Å². The van der Waals surface area contributed by atoms with E-state index in [1.165, 1.54) is 0 Å². The van der Waals surface area contributed by atoms with E-state index >= 15 is 0 Å². The van der Waals surface area contributed by atoms with E-state index < -0.39 is 0 Å². The third kappa shape index (κ3) is 1.99. The first-order valence-corrected chi connectivity index (χ1v) is 5.45. The lowest BCUT2D eigenvalue weighted by molar-refractivity contribution is 0.0538. The van der Waals surface area contributed by atoms with Crippen molar-refractivity contribution >= 4 is 0 Å². The van der Waals surface area contributed by atoms with Gasteiger partial charge in [-0.15, -0.1) is 0 Å². The summed E-state index contributed by atoms with van der Waals surface area (Å²) in [4.78, 5) is 0. The summed E-state index contributed by atoms with van der Waals surface area (Å²) >= 11 is 0. The van der Waals surface area contributed by atoms with E-state index in [2.05, 4.69) is 0 Å². The largest absolute Gasteiger partial charge is 0.454 e. The lowest BCUT2D eigenvalue weighted by Gasteiger charge is -2.12. The minimum Gasteiger partial charge on any atom is -0.454 e. The van der Waals surface area contributed by atoms with Crippen LogP contribution in [0.25, 0.3) is 0 Å². The van der Waals surface area contributed by atoms with Crippen LogP contribution in [0.1, 0.15) is 18.6 Å². The number of benzene rings is 1. The van der Waals surface area contributed by atoms with Gasteiger partial charge in [0, 0.05) is 0 Å². The zero-order chi connectivity index (χ0) is 11.0. The van der Waals surface area contributed by atoms with Crippen LogP contribution in [0.2, 0.25) is 0 Å². The zero-order valence-corrected chi connectivity index (χ0v) is 9.14. The molecule has 1 aromatic rings. The lowest BCUT2D eigenvalue weighted by Crippen LogP contribution is -2.06. The Balaban J connectivity index is 1.67. The molecule has 0 N–H and O–H groups in total. The lowest BCUT2D eigenvalue weighted by atomic mass is 10.1. The molecule has 1 aromatic carbocycles. The number of ether oxygens (including phenoxy) is 4. The number of hydrogen-bond donors (Lipinski definition) is 0. The molecule has 0 radical (unpaired) electrons. The van der Waals surface area contributed by atoms with Crippen molar-refractivity contribution < 1.29 is 18.9 Å². The molecule has 0 aromatic heterocycles. The van der Waals surface area contributed by atoms with Crippen molar-refractivity contribution in [3.63, 3.8) is 0 Å². The zero-order valence-electron chi connectivity index (χ0n) is 9.14. The molecule has 2 atom stereocenters. The normalized spacial score (nSPS) is 23.2. The highest BCUT2D eigenvalue weighted by molar-refractivity contribution is 5.44. The Bertz CT molecular complexity index is 387. The number of hydrogen-bond acceptors (Lipinski definition) is 4. The molecule has 1 fully saturated rings. The molecule has 2 heterocycles. The van der Waals surface area contributed by atoms with Crippen LogP contribution in [0.3, 0.4) is 0 Å². The van der Waals surface area contributed by atoms with E-state index in [0.29, 0.717) is 19.5 Å². The van der Waals surface area contributed by atoms with Gasteiger partial charge in [-0.3, -0.25) is 0 Å². The number of epoxide rings is 1. The fraction of sp³-hybridized carbons (Fsp3) is 0.500. The summed E-state index contributed by atoms with van der Waals surface area (Å²) in [6.07, 6.45) is 0.357. The van der Waals surface area contributed by atoms with E-state index in [4.69, 9.17) is 18.9 Å². The average Bonchev–Trinajstić information content (AvgIpc) is 3.01. The fourth-order valence-corrected chi connectivity index (χ4v) is 1.68. The summed E-state index contributed by atoms with van der Waals surface area (Å²) in [6, 6.07) is 5.90. The van der Waals surface area contributed by atoms with E-state index in [1.807, 2.05) is 25.1 Å². The first-order chi connectivity index (χ1) is 7.83. The maximum absolute atomic E-state index is 5.69. The molecule has 0 bridgehead atoms. The summed E-state index contributed by atoms with van der Waals surface area (Å²) in [5, 5.41) is 0. The minimum absolute atomic E-state index is 0.0544. The highest BCUT2D eigenvalue weighted by Gasteiger charge is 2.24. The highest BCUT2D eigenvalue weighted by Crippen LogP contribution is 2.34. The smallest absolute Gasteiger partial charge is 0.231 e. The Morgan fingerprint density at radius 2 is 2.19 bits per heavy atom. The van der Waals surface area contributed by atoms with Crippen LogP contribution in [0, 0.1) is 0 Å². The summed E-state index contributed by atoms with van der Waals surface area (Å²) in [5.41, 5.74) is 1.10. The predicted molar refractivity (Wildman–Crippen MR) is 56.7 cm³/mol. The molecule has 86 valence electrons. The van der Waals surface area contributed by atoms with Gasteiger partial charge in [-0.05, 0) is 24.6 Å². The van der Waals surface area contributed by atoms with Crippen molar-refractivity contribution in [1.29, 1.82) is 0 Å². The van der Waals surface area contributed by atoms with Gasteiger partial charge in [0.25, 0.3) is 0 Å². The van der Waals surface area contributed by atoms with Gasteiger partial charge in [0.05, 0.1) is 19.3 Å². The van der Waals surface area contributed by atoms with Gasteiger partial charge in [0.1, 0.15) is 6.10 Å². The molecule has 4 nitrogen and oxygen atoms in total. The molecule has 0 saturated carbocycles. The molecule has 16 heavy (non-hydrogen) atoms. The van der Waals surface area contributed by atoms with Gasteiger partial charge >= 0.3 is 0 Å². The summed E-state index contributed by atoms with van der Waals surface area (Å²) < 4.78 is 21.4. The average molecular weight is 222 g/mol. The van der Waals surface area contributed by atoms with E-state index in [-0.39, 0.29) is 6.10 Å². The monoisotopic (exact) mass is 222 g/mol. The van der Waals surface area contributed by atoms with Gasteiger partial charge in [-0.25, -0.2) is 0 Å². The van der Waals surface area contributed by atoms with E-state index in [1.54, 1.807) is 0 Å². The van der Waals surface area contributed by atoms with Gasteiger partial charge < -0.3 is 18.9 Å². The van der Waals surface area contributed by atoms with E-state index in [0.717, 1.165) is 23.7 Å². The minimum atomic E-state index is 0.0544. The molecule has 1 saturated heterocycles. The molecule has 0 spiro atoms. The van der Waals surface area contributed by atoms with Crippen LogP contribution in [0.4, 0.5) is 0 Å². The van der Waals surface area contributed by atoms with Crippen molar-refractivity contribution in [3.05, 3.63) is 23.8 Å². The van der Waals surface area contributed by atoms with Crippen LogP contribution in [0.15, 0.2) is 18.2 Å². The number of fused-ring (bicyclic) bond motifs is 1. The Morgan fingerprint density at radius 3 is 3.00 bits per heavy atom. The molecular weight excluding hydrogens is 208 g/mol.